The Kier molecular flexibility index (Phi) is 7.17. The second-order valence-corrected chi connectivity index (χ2v) is 14.1. The van der Waals surface area contributed by atoms with E-state index in [1.807, 2.05) is 12.1 Å². The van der Waals surface area contributed by atoms with Crippen molar-refractivity contribution in [3.05, 3.63) is 200 Å². The zero-order valence-corrected chi connectivity index (χ0v) is 29.8. The number of para-hydroxylation sites is 3. The number of hydrogen-bond acceptors (Lipinski definition) is 3. The van der Waals surface area contributed by atoms with Crippen molar-refractivity contribution in [2.75, 3.05) is 4.90 Å². The van der Waals surface area contributed by atoms with Crippen LogP contribution in [0, 0.1) is 0 Å². The van der Waals surface area contributed by atoms with Crippen LogP contribution in [-0.2, 0) is 0 Å². The van der Waals surface area contributed by atoms with Gasteiger partial charge in [0.15, 0.2) is 5.58 Å². The van der Waals surface area contributed by atoms with Crippen molar-refractivity contribution in [1.29, 1.82) is 0 Å². The van der Waals surface area contributed by atoms with E-state index in [1.54, 1.807) is 0 Å². The van der Waals surface area contributed by atoms with E-state index in [2.05, 4.69) is 193 Å². The van der Waals surface area contributed by atoms with Crippen molar-refractivity contribution in [3.8, 4) is 33.4 Å². The zero-order chi connectivity index (χ0) is 36.3. The topological polar surface area (TPSA) is 29.5 Å². The van der Waals surface area contributed by atoms with E-state index in [9.17, 15) is 0 Å². The Morgan fingerprint density at radius 1 is 0.309 bits per heavy atom. The van der Waals surface area contributed by atoms with Gasteiger partial charge in [0.1, 0.15) is 16.7 Å². The van der Waals surface area contributed by atoms with Crippen molar-refractivity contribution >= 4 is 71.7 Å². The third-order valence-electron chi connectivity index (χ3n) is 10.9. The van der Waals surface area contributed by atoms with Gasteiger partial charge in [0.25, 0.3) is 0 Å². The maximum absolute atomic E-state index is 7.06. The molecule has 0 unspecified atom stereocenters. The molecule has 0 fully saturated rings. The van der Waals surface area contributed by atoms with Crippen molar-refractivity contribution < 1.29 is 8.83 Å². The Morgan fingerprint density at radius 3 is 1.80 bits per heavy atom. The van der Waals surface area contributed by atoms with Crippen LogP contribution in [0.5, 0.6) is 0 Å². The lowest BCUT2D eigenvalue weighted by atomic mass is 9.97. The number of nitrogens with zero attached hydrogens (tertiary/aromatic N) is 1. The highest BCUT2D eigenvalue weighted by atomic mass is 16.3. The quantitative estimate of drug-likeness (QED) is 0.173. The van der Waals surface area contributed by atoms with E-state index in [0.717, 1.165) is 77.6 Å². The maximum atomic E-state index is 7.06. The second kappa shape index (κ2) is 12.6. The molecule has 0 spiro atoms. The third-order valence-corrected chi connectivity index (χ3v) is 10.9. The van der Waals surface area contributed by atoms with Crippen molar-refractivity contribution in [2.45, 2.75) is 0 Å². The van der Waals surface area contributed by atoms with E-state index in [-0.39, 0.29) is 0 Å². The van der Waals surface area contributed by atoms with Gasteiger partial charge in [-0.1, -0.05) is 158 Å². The Bertz CT molecular complexity index is 3200. The van der Waals surface area contributed by atoms with Crippen LogP contribution in [0.25, 0.3) is 88.0 Å². The Morgan fingerprint density at radius 2 is 0.909 bits per heavy atom. The summed E-state index contributed by atoms with van der Waals surface area (Å²) in [7, 11) is 0. The summed E-state index contributed by atoms with van der Waals surface area (Å²) in [5, 5.41) is 6.76. The molecule has 55 heavy (non-hydrogen) atoms. The van der Waals surface area contributed by atoms with Gasteiger partial charge in [-0.05, 0) is 81.1 Å². The fourth-order valence-electron chi connectivity index (χ4n) is 8.25. The minimum atomic E-state index is 0.832. The molecule has 3 heteroatoms. The van der Waals surface area contributed by atoms with E-state index in [4.69, 9.17) is 8.83 Å². The molecule has 0 saturated carbocycles. The monoisotopic (exact) mass is 703 g/mol. The average molecular weight is 704 g/mol. The minimum Gasteiger partial charge on any atom is -0.456 e. The first-order valence-electron chi connectivity index (χ1n) is 18.7. The first-order valence-corrected chi connectivity index (χ1v) is 18.7. The smallest absolute Gasteiger partial charge is 0.159 e. The van der Waals surface area contributed by atoms with Crippen LogP contribution in [0.15, 0.2) is 209 Å². The van der Waals surface area contributed by atoms with Gasteiger partial charge in [-0.3, -0.25) is 0 Å². The predicted molar refractivity (Wildman–Crippen MR) is 229 cm³/mol. The Hall–Kier alpha value is -7.36. The van der Waals surface area contributed by atoms with E-state index < -0.39 is 0 Å². The van der Waals surface area contributed by atoms with Gasteiger partial charge >= 0.3 is 0 Å². The molecule has 9 aromatic carbocycles. The molecule has 2 heterocycles. The SMILES string of the molecule is c1ccc(-c2ccc(-c3cccc4c3oc3c(N(c5cccc(-c6cccc7ccccc67)c5)c5ccc6oc7ccccc7c6c5)cccc34)cc2)cc1. The van der Waals surface area contributed by atoms with Crippen molar-refractivity contribution in [1.82, 2.24) is 0 Å². The highest BCUT2D eigenvalue weighted by molar-refractivity contribution is 6.14. The van der Waals surface area contributed by atoms with Gasteiger partial charge in [0.2, 0.25) is 0 Å². The molecular formula is C52H33NO2. The summed E-state index contributed by atoms with van der Waals surface area (Å²) >= 11 is 0. The van der Waals surface area contributed by atoms with Crippen LogP contribution in [0.1, 0.15) is 0 Å². The standard InChI is InChI=1S/C52H33NO2/c1-2-12-34(13-3-1)35-26-28-37(29-27-35)43-21-10-22-45-46-23-11-24-48(52(46)55-51(43)45)53(40-30-31-50-47(33-40)44-19-6-7-25-49(44)54-50)39-17-8-16-38(32-39)42-20-9-15-36-14-4-5-18-41(36)42/h1-33H. The lowest BCUT2D eigenvalue weighted by Crippen LogP contribution is -2.10. The third kappa shape index (κ3) is 5.20. The predicted octanol–water partition coefficient (Wildman–Crippen LogP) is 15.1. The van der Waals surface area contributed by atoms with Gasteiger partial charge in [-0.2, -0.15) is 0 Å². The molecule has 11 aromatic rings. The zero-order valence-electron chi connectivity index (χ0n) is 29.8. The molecule has 0 bridgehead atoms. The summed E-state index contributed by atoms with van der Waals surface area (Å²) in [6, 6.07) is 70.9. The molecule has 0 radical (unpaired) electrons. The molecule has 0 amide bonds. The van der Waals surface area contributed by atoms with E-state index >= 15 is 0 Å². The largest absolute Gasteiger partial charge is 0.456 e. The highest BCUT2D eigenvalue weighted by Crippen LogP contribution is 2.46. The first kappa shape index (κ1) is 31.2. The molecule has 0 saturated heterocycles. The summed E-state index contributed by atoms with van der Waals surface area (Å²) in [6.45, 7) is 0. The van der Waals surface area contributed by atoms with Crippen LogP contribution >= 0.6 is 0 Å². The average Bonchev–Trinajstić information content (AvgIpc) is 3.83. The van der Waals surface area contributed by atoms with Gasteiger partial charge in [0.05, 0.1) is 5.69 Å². The summed E-state index contributed by atoms with van der Waals surface area (Å²) in [6.07, 6.45) is 0. The van der Waals surface area contributed by atoms with Crippen LogP contribution in [0.3, 0.4) is 0 Å². The van der Waals surface area contributed by atoms with Gasteiger partial charge < -0.3 is 13.7 Å². The molecule has 0 aliphatic heterocycles. The lowest BCUT2D eigenvalue weighted by molar-refractivity contribution is 0.669. The fourth-order valence-corrected chi connectivity index (χ4v) is 8.25. The maximum Gasteiger partial charge on any atom is 0.159 e. The number of hydrogen-bond donors (Lipinski definition) is 0. The normalized spacial score (nSPS) is 11.6. The van der Waals surface area contributed by atoms with Gasteiger partial charge in [-0.25, -0.2) is 0 Å². The molecule has 0 aliphatic rings. The number of anilines is 3. The molecular weight excluding hydrogens is 671 g/mol. The summed E-state index contributed by atoms with van der Waals surface area (Å²) in [4.78, 5) is 2.33. The molecule has 0 aliphatic carbocycles. The van der Waals surface area contributed by atoms with Gasteiger partial charge in [0, 0.05) is 38.5 Å². The van der Waals surface area contributed by atoms with E-state index in [0.29, 0.717) is 0 Å². The molecule has 3 nitrogen and oxygen atoms in total. The van der Waals surface area contributed by atoms with Crippen LogP contribution < -0.4 is 4.90 Å². The molecule has 0 atom stereocenters. The number of benzene rings is 9. The number of rotatable bonds is 6. The molecule has 258 valence electrons. The first-order chi connectivity index (χ1) is 27.3. The summed E-state index contributed by atoms with van der Waals surface area (Å²) in [5.74, 6) is 0. The summed E-state index contributed by atoms with van der Waals surface area (Å²) in [5.41, 5.74) is 13.4. The Balaban J connectivity index is 1.12. The van der Waals surface area contributed by atoms with Crippen molar-refractivity contribution in [3.63, 3.8) is 0 Å². The molecule has 0 N–H and O–H groups in total. The second-order valence-electron chi connectivity index (χ2n) is 14.1. The van der Waals surface area contributed by atoms with Crippen LogP contribution in [0.4, 0.5) is 17.1 Å². The van der Waals surface area contributed by atoms with Crippen LogP contribution in [-0.4, -0.2) is 0 Å². The molecule has 11 rings (SSSR count). The lowest BCUT2D eigenvalue weighted by Gasteiger charge is -2.26. The van der Waals surface area contributed by atoms with Gasteiger partial charge in [-0.15, -0.1) is 0 Å². The fraction of sp³-hybridized carbons (Fsp3) is 0. The van der Waals surface area contributed by atoms with E-state index in [1.165, 1.54) is 27.5 Å². The summed E-state index contributed by atoms with van der Waals surface area (Å²) < 4.78 is 13.3. The van der Waals surface area contributed by atoms with Crippen LogP contribution in [0.2, 0.25) is 0 Å². The highest BCUT2D eigenvalue weighted by Gasteiger charge is 2.22. The molecule has 2 aromatic heterocycles. The number of fused-ring (bicyclic) bond motifs is 7. The van der Waals surface area contributed by atoms with Crippen molar-refractivity contribution in [2.24, 2.45) is 0 Å². The Labute approximate surface area is 317 Å². The minimum absolute atomic E-state index is 0.832. The number of furan rings is 2.